The van der Waals surface area contributed by atoms with E-state index in [-0.39, 0.29) is 12.5 Å². The van der Waals surface area contributed by atoms with Crippen molar-refractivity contribution < 1.29 is 28.7 Å². The number of thiophene rings is 1. The van der Waals surface area contributed by atoms with Crippen LogP contribution in [0.2, 0.25) is 0 Å². The first kappa shape index (κ1) is 32.9. The van der Waals surface area contributed by atoms with E-state index in [1.807, 2.05) is 92.9 Å². The van der Waals surface area contributed by atoms with Crippen LogP contribution in [0.5, 0.6) is 0 Å². The molecule has 0 aliphatic carbocycles. The van der Waals surface area contributed by atoms with E-state index in [9.17, 15) is 14.4 Å². The average molecular weight is 621 g/mol. The van der Waals surface area contributed by atoms with E-state index in [1.165, 1.54) is 0 Å². The molecule has 3 N–H and O–H groups in total. The molecule has 0 saturated carbocycles. The molecule has 2 atom stereocenters. The molecule has 11 heteroatoms. The van der Waals surface area contributed by atoms with Crippen molar-refractivity contribution in [3.63, 3.8) is 0 Å². The van der Waals surface area contributed by atoms with Gasteiger partial charge in [-0.3, -0.25) is 14.4 Å². The molecule has 0 saturated heterocycles. The zero-order valence-corrected chi connectivity index (χ0v) is 26.3. The first-order valence-electron chi connectivity index (χ1n) is 14.7. The molecule has 0 bridgehead atoms. The van der Waals surface area contributed by atoms with Gasteiger partial charge in [-0.05, 0) is 66.4 Å². The molecule has 10 nitrogen and oxygen atoms in total. The van der Waals surface area contributed by atoms with Gasteiger partial charge in [-0.25, -0.2) is 10.3 Å². The Morgan fingerprint density at radius 3 is 2.30 bits per heavy atom. The second-order valence-electron chi connectivity index (χ2n) is 10.2. The number of fused-ring (bicyclic) bond motifs is 2. The van der Waals surface area contributed by atoms with Gasteiger partial charge in [0.15, 0.2) is 12.9 Å². The highest BCUT2D eigenvalue weighted by Crippen LogP contribution is 2.28. The molecule has 4 rings (SSSR count). The first-order valence-corrected chi connectivity index (χ1v) is 15.6. The summed E-state index contributed by atoms with van der Waals surface area (Å²) in [7, 11) is 0. The number of carbonyl (C=O) groups is 3. The van der Waals surface area contributed by atoms with Crippen molar-refractivity contribution in [3.8, 4) is 0 Å². The zero-order chi connectivity index (χ0) is 31.5. The zero-order valence-electron chi connectivity index (χ0n) is 25.5. The van der Waals surface area contributed by atoms with Crippen LogP contribution in [0, 0.1) is 0 Å². The molecule has 44 heavy (non-hydrogen) atoms. The molecule has 4 aromatic rings. The number of urea groups is 1. The Morgan fingerprint density at radius 2 is 1.55 bits per heavy atom. The summed E-state index contributed by atoms with van der Waals surface area (Å²) in [4.78, 5) is 45.5. The number of nitrogens with zero attached hydrogens (tertiary/aromatic N) is 1. The number of ether oxygens (including phenoxy) is 2. The lowest BCUT2D eigenvalue weighted by molar-refractivity contribution is -0.179. The monoisotopic (exact) mass is 620 g/mol. The maximum absolute atomic E-state index is 13.8. The van der Waals surface area contributed by atoms with Crippen LogP contribution in [0.25, 0.3) is 20.9 Å². The fourth-order valence-corrected chi connectivity index (χ4v) is 5.94. The Hall–Kier alpha value is -4.03. The van der Waals surface area contributed by atoms with Crippen molar-refractivity contribution in [2.45, 2.75) is 59.2 Å². The molecule has 3 aromatic carbocycles. The normalized spacial score (nSPS) is 12.7. The number of hydrogen-bond donors (Lipinski definition) is 3. The Bertz CT molecular complexity index is 1550. The van der Waals surface area contributed by atoms with Crippen LogP contribution in [0.15, 0.2) is 72.1 Å². The van der Waals surface area contributed by atoms with Crippen LogP contribution < -0.4 is 16.1 Å². The van der Waals surface area contributed by atoms with Gasteiger partial charge in [0.1, 0.15) is 6.04 Å². The Morgan fingerprint density at radius 1 is 0.864 bits per heavy atom. The number of nitrogens with one attached hydrogen (secondary N) is 3. The van der Waals surface area contributed by atoms with Crippen molar-refractivity contribution in [1.29, 1.82) is 0 Å². The molecular formula is C33H40N4O6S. The summed E-state index contributed by atoms with van der Waals surface area (Å²) < 4.78 is 12.8. The number of benzene rings is 3. The van der Waals surface area contributed by atoms with E-state index < -0.39 is 36.9 Å². The second kappa shape index (κ2) is 16.2. The van der Waals surface area contributed by atoms with Crippen LogP contribution in [0.1, 0.15) is 38.8 Å². The Kier molecular flexibility index (Phi) is 12.1. The molecule has 0 radical (unpaired) electrons. The summed E-state index contributed by atoms with van der Waals surface area (Å²) in [5.74, 6) is -0.855. The molecule has 234 valence electrons. The molecule has 0 fully saturated rings. The molecule has 1 heterocycles. The summed E-state index contributed by atoms with van der Waals surface area (Å²) in [5, 5.41) is 10.6. The van der Waals surface area contributed by atoms with Crippen molar-refractivity contribution in [1.82, 2.24) is 21.0 Å². The minimum atomic E-state index is -0.873. The van der Waals surface area contributed by atoms with Gasteiger partial charge in [0.2, 0.25) is 11.8 Å². The van der Waals surface area contributed by atoms with Gasteiger partial charge in [0, 0.05) is 31.0 Å². The SMILES string of the molecule is CCOC(OCC)[C@H](C)N(Cc1csc2ccccc12)C(=O)[C@H](C)NC(=O)CONC(=O)NCc1cccc2ccccc12. The highest BCUT2D eigenvalue weighted by Gasteiger charge is 2.32. The molecule has 1 aromatic heterocycles. The molecule has 0 aliphatic rings. The van der Waals surface area contributed by atoms with E-state index in [4.69, 9.17) is 14.3 Å². The predicted molar refractivity (Wildman–Crippen MR) is 172 cm³/mol. The van der Waals surface area contributed by atoms with Crippen molar-refractivity contribution in [2.24, 2.45) is 0 Å². The maximum atomic E-state index is 13.8. The molecular weight excluding hydrogens is 580 g/mol. The van der Waals surface area contributed by atoms with Gasteiger partial charge in [0.05, 0.1) is 6.04 Å². The van der Waals surface area contributed by atoms with Crippen LogP contribution in [-0.4, -0.2) is 60.9 Å². The lowest BCUT2D eigenvalue weighted by Crippen LogP contribution is -2.54. The summed E-state index contributed by atoms with van der Waals surface area (Å²) in [5.41, 5.74) is 4.18. The highest BCUT2D eigenvalue weighted by atomic mass is 32.1. The lowest BCUT2D eigenvalue weighted by Gasteiger charge is -2.35. The highest BCUT2D eigenvalue weighted by molar-refractivity contribution is 7.17. The van der Waals surface area contributed by atoms with Gasteiger partial charge in [-0.2, -0.15) is 0 Å². The van der Waals surface area contributed by atoms with Crippen LogP contribution in [-0.2, 0) is 37.0 Å². The first-order chi connectivity index (χ1) is 21.3. The number of hydroxylamine groups is 1. The van der Waals surface area contributed by atoms with Gasteiger partial charge in [-0.1, -0.05) is 60.7 Å². The maximum Gasteiger partial charge on any atom is 0.338 e. The topological polar surface area (TPSA) is 118 Å². The summed E-state index contributed by atoms with van der Waals surface area (Å²) >= 11 is 1.61. The second-order valence-corrected chi connectivity index (χ2v) is 11.2. The molecule has 0 spiro atoms. The molecule has 0 aliphatic heterocycles. The van der Waals surface area contributed by atoms with Gasteiger partial charge < -0.3 is 25.0 Å². The number of hydrogen-bond acceptors (Lipinski definition) is 7. The number of amides is 4. The van der Waals surface area contributed by atoms with Crippen LogP contribution in [0.4, 0.5) is 4.79 Å². The standard InChI is InChI=1S/C33H40N4O6S/c1-5-41-32(42-6-2)23(4)37(19-26-21-44-29-17-10-9-16-28(26)29)31(39)22(3)35-30(38)20-43-36-33(40)34-18-25-14-11-13-24-12-7-8-15-27(24)25/h7-17,21-23,32H,5-6,18-20H2,1-4H3,(H,35,38)(H2,34,36,40)/t22-,23-/m0/s1. The average Bonchev–Trinajstić information content (AvgIpc) is 3.44. The fraction of sp³-hybridized carbons (Fsp3) is 0.364. The van der Waals surface area contributed by atoms with Gasteiger partial charge >= 0.3 is 6.03 Å². The fourth-order valence-electron chi connectivity index (χ4n) is 4.98. The quantitative estimate of drug-likeness (QED) is 0.126. The van der Waals surface area contributed by atoms with Crippen molar-refractivity contribution in [2.75, 3.05) is 19.8 Å². The summed E-state index contributed by atoms with van der Waals surface area (Å²) in [6.07, 6.45) is -0.637. The molecule has 4 amide bonds. The van der Waals surface area contributed by atoms with Crippen molar-refractivity contribution >= 4 is 50.0 Å². The van der Waals surface area contributed by atoms with Crippen LogP contribution >= 0.6 is 11.3 Å². The summed E-state index contributed by atoms with van der Waals surface area (Å²) in [6, 6.07) is 19.9. The van der Waals surface area contributed by atoms with E-state index in [2.05, 4.69) is 16.1 Å². The largest absolute Gasteiger partial charge is 0.351 e. The third kappa shape index (κ3) is 8.54. The van der Waals surface area contributed by atoms with E-state index in [0.717, 1.165) is 32.0 Å². The number of rotatable bonds is 15. The van der Waals surface area contributed by atoms with Crippen molar-refractivity contribution in [3.05, 3.63) is 83.2 Å². The minimum Gasteiger partial charge on any atom is -0.351 e. The minimum absolute atomic E-state index is 0.284. The van der Waals surface area contributed by atoms with Gasteiger partial charge in [0.25, 0.3) is 0 Å². The van der Waals surface area contributed by atoms with E-state index in [0.29, 0.717) is 19.8 Å². The van der Waals surface area contributed by atoms with E-state index >= 15 is 0 Å². The van der Waals surface area contributed by atoms with Gasteiger partial charge in [-0.15, -0.1) is 11.3 Å². The third-order valence-corrected chi connectivity index (χ3v) is 8.18. The van der Waals surface area contributed by atoms with Crippen LogP contribution in [0.3, 0.4) is 0 Å². The lowest BCUT2D eigenvalue weighted by atomic mass is 10.0. The predicted octanol–water partition coefficient (Wildman–Crippen LogP) is 5.11. The summed E-state index contributed by atoms with van der Waals surface area (Å²) in [6.45, 7) is 8.21. The van der Waals surface area contributed by atoms with E-state index in [1.54, 1.807) is 23.2 Å². The number of carbonyl (C=O) groups excluding carboxylic acids is 3. The Labute approximate surface area is 261 Å². The smallest absolute Gasteiger partial charge is 0.338 e. The third-order valence-electron chi connectivity index (χ3n) is 7.17. The molecule has 0 unspecified atom stereocenters. The Balaban J connectivity index is 1.32.